The number of fused-ring (bicyclic) bond motifs is 3. The van der Waals surface area contributed by atoms with E-state index >= 15 is 0 Å². The monoisotopic (exact) mass is 519 g/mol. The number of aliphatic imine (C=N–C) groups is 1. The molecule has 0 bridgehead atoms. The summed E-state index contributed by atoms with van der Waals surface area (Å²) in [5.74, 6) is 0.161. The highest BCUT2D eigenvalue weighted by molar-refractivity contribution is 6.03. The summed E-state index contributed by atoms with van der Waals surface area (Å²) in [6, 6.07) is 10.4. The maximum atomic E-state index is 12.9. The Labute approximate surface area is 220 Å². The van der Waals surface area contributed by atoms with Crippen molar-refractivity contribution in [2.45, 2.75) is 51.4 Å². The second kappa shape index (κ2) is 8.70. The van der Waals surface area contributed by atoms with E-state index in [2.05, 4.69) is 15.6 Å². The summed E-state index contributed by atoms with van der Waals surface area (Å²) in [6.45, 7) is 10.2. The van der Waals surface area contributed by atoms with Crippen molar-refractivity contribution in [2.24, 2.45) is 10.4 Å². The first-order valence-electron chi connectivity index (χ1n) is 12.2. The van der Waals surface area contributed by atoms with Crippen LogP contribution in [0.3, 0.4) is 0 Å². The van der Waals surface area contributed by atoms with Crippen molar-refractivity contribution in [2.75, 3.05) is 25.1 Å². The molecule has 0 radical (unpaired) electrons. The quantitative estimate of drug-likeness (QED) is 0.613. The number of alkyl carbamates (subject to hydrolysis) is 1. The minimum absolute atomic E-state index is 0.0467. The minimum atomic E-state index is -0.958. The number of carbonyl (C=O) groups excluding carboxylic acids is 2. The highest BCUT2D eigenvalue weighted by atomic mass is 16.6. The van der Waals surface area contributed by atoms with Gasteiger partial charge in [0.1, 0.15) is 40.9 Å². The average molecular weight is 520 g/mol. The van der Waals surface area contributed by atoms with E-state index in [4.69, 9.17) is 29.2 Å². The number of benzene rings is 1. The fraction of sp³-hybridized carbons (Fsp3) is 0.444. The highest BCUT2D eigenvalue weighted by Gasteiger charge is 2.71. The number of amides is 2. The number of pyridine rings is 1. The molecule has 11 nitrogen and oxygen atoms in total. The van der Waals surface area contributed by atoms with Crippen LogP contribution in [0.4, 0.5) is 10.5 Å². The fourth-order valence-corrected chi connectivity index (χ4v) is 5.08. The number of ether oxygens (including phenoxy) is 4. The van der Waals surface area contributed by atoms with E-state index < -0.39 is 34.2 Å². The van der Waals surface area contributed by atoms with Gasteiger partial charge in [-0.25, -0.2) is 20.1 Å². The second-order valence-electron chi connectivity index (χ2n) is 11.1. The predicted octanol–water partition coefficient (Wildman–Crippen LogP) is 3.50. The minimum Gasteiger partial charge on any atom is -0.487 e. The van der Waals surface area contributed by atoms with Crippen LogP contribution in [0.25, 0.3) is 0 Å². The molecule has 0 saturated carbocycles. The Balaban J connectivity index is 1.51. The zero-order valence-electron chi connectivity index (χ0n) is 21.9. The molecule has 1 aromatic heterocycles. The topological polar surface area (TPSA) is 144 Å². The number of nitrogens with one attached hydrogen (secondary N) is 2. The lowest BCUT2D eigenvalue weighted by atomic mass is 9.55. The first-order valence-corrected chi connectivity index (χ1v) is 12.2. The third-order valence-electron chi connectivity index (χ3n) is 7.13. The summed E-state index contributed by atoms with van der Waals surface area (Å²) in [5.41, 5.74) is -1.18. The average Bonchev–Trinajstić information content (AvgIpc) is 3.20. The van der Waals surface area contributed by atoms with Crippen LogP contribution in [-0.4, -0.2) is 54.0 Å². The number of anilines is 1. The summed E-state index contributed by atoms with van der Waals surface area (Å²) in [4.78, 5) is 34.3. The molecule has 2 amide bonds. The molecule has 3 aliphatic rings. The van der Waals surface area contributed by atoms with Crippen LogP contribution in [0.15, 0.2) is 41.5 Å². The smallest absolute Gasteiger partial charge is 0.415 e. The standard InChI is InChI=1S/C27H29N5O6/c1-24(2,3)38-23(34)31-22-32-27(15-36-22)18-10-17(30-21(33)19-8-6-16(11-28)12-29-19)7-9-20(18)37-25(4,5)26(27)13-35-14-26/h6-10,12H,13-15H2,1-5H3,(H,30,33)(H,31,32,34). The Morgan fingerprint density at radius 1 is 1.11 bits per heavy atom. The van der Waals surface area contributed by atoms with Gasteiger partial charge >= 0.3 is 6.09 Å². The maximum absolute atomic E-state index is 12.9. The predicted molar refractivity (Wildman–Crippen MR) is 136 cm³/mol. The molecular formula is C27H29N5O6. The Hall–Kier alpha value is -4.17. The molecule has 4 heterocycles. The number of rotatable bonds is 2. The van der Waals surface area contributed by atoms with Gasteiger partial charge in [0.25, 0.3) is 11.9 Å². The number of amidine groups is 1. The lowest BCUT2D eigenvalue weighted by Crippen LogP contribution is -2.71. The number of aromatic nitrogens is 1. The first kappa shape index (κ1) is 25.5. The van der Waals surface area contributed by atoms with E-state index in [9.17, 15) is 9.59 Å². The van der Waals surface area contributed by atoms with Gasteiger partial charge in [-0.1, -0.05) is 0 Å². The zero-order chi connectivity index (χ0) is 27.3. The Bertz CT molecular complexity index is 1370. The van der Waals surface area contributed by atoms with Crippen molar-refractivity contribution in [3.63, 3.8) is 0 Å². The molecule has 198 valence electrons. The van der Waals surface area contributed by atoms with Gasteiger partial charge in [-0.3, -0.25) is 4.79 Å². The fourth-order valence-electron chi connectivity index (χ4n) is 5.08. The van der Waals surface area contributed by atoms with Crippen LogP contribution in [0.1, 0.15) is 56.2 Å². The van der Waals surface area contributed by atoms with Gasteiger partial charge in [-0.2, -0.15) is 5.26 Å². The summed E-state index contributed by atoms with van der Waals surface area (Å²) in [6.07, 6.45) is 0.672. The van der Waals surface area contributed by atoms with Gasteiger partial charge in [0.15, 0.2) is 0 Å². The van der Waals surface area contributed by atoms with Crippen LogP contribution < -0.4 is 15.4 Å². The van der Waals surface area contributed by atoms with Gasteiger partial charge in [-0.05, 0) is 65.0 Å². The molecule has 2 N–H and O–H groups in total. The van der Waals surface area contributed by atoms with Crippen LogP contribution in [0.5, 0.6) is 5.75 Å². The van der Waals surface area contributed by atoms with Crippen molar-refractivity contribution < 1.29 is 28.5 Å². The molecule has 1 aromatic carbocycles. The van der Waals surface area contributed by atoms with E-state index in [1.54, 1.807) is 39.0 Å². The lowest BCUT2D eigenvalue weighted by molar-refractivity contribution is -0.247. The van der Waals surface area contributed by atoms with Crippen molar-refractivity contribution >= 4 is 23.7 Å². The Morgan fingerprint density at radius 2 is 1.87 bits per heavy atom. The SMILES string of the molecule is CC(C)(C)OC(=O)NC1=NC2(CO1)c1cc(NC(=O)c3ccc(C#N)cn3)ccc1OC(C)(C)C21COC1. The molecule has 1 unspecified atom stereocenters. The molecule has 1 atom stereocenters. The number of nitriles is 1. The largest absolute Gasteiger partial charge is 0.487 e. The molecule has 11 heteroatoms. The van der Waals surface area contributed by atoms with Crippen LogP contribution >= 0.6 is 0 Å². The van der Waals surface area contributed by atoms with E-state index in [1.807, 2.05) is 19.9 Å². The molecule has 2 aromatic rings. The molecule has 0 aliphatic carbocycles. The van der Waals surface area contributed by atoms with Crippen molar-refractivity contribution in [3.05, 3.63) is 53.3 Å². The molecular weight excluding hydrogens is 490 g/mol. The van der Waals surface area contributed by atoms with Crippen LogP contribution in [0, 0.1) is 16.7 Å². The number of nitrogens with zero attached hydrogens (tertiary/aromatic N) is 3. The van der Waals surface area contributed by atoms with Gasteiger partial charge in [0.2, 0.25) is 0 Å². The first-order chi connectivity index (χ1) is 17.9. The summed E-state index contributed by atoms with van der Waals surface area (Å²) in [7, 11) is 0. The summed E-state index contributed by atoms with van der Waals surface area (Å²) < 4.78 is 23.4. The molecule has 38 heavy (non-hydrogen) atoms. The van der Waals surface area contributed by atoms with Crippen molar-refractivity contribution in [1.29, 1.82) is 5.26 Å². The molecule has 2 spiro atoms. The van der Waals surface area contributed by atoms with Gasteiger partial charge in [0.05, 0.1) is 24.2 Å². The zero-order valence-corrected chi connectivity index (χ0v) is 21.9. The highest BCUT2D eigenvalue weighted by Crippen LogP contribution is 2.62. The van der Waals surface area contributed by atoms with Gasteiger partial charge < -0.3 is 24.3 Å². The van der Waals surface area contributed by atoms with E-state index in [0.29, 0.717) is 35.8 Å². The normalized spacial score (nSPS) is 22.2. The lowest BCUT2D eigenvalue weighted by Gasteiger charge is -2.61. The van der Waals surface area contributed by atoms with E-state index in [0.717, 1.165) is 0 Å². The summed E-state index contributed by atoms with van der Waals surface area (Å²) in [5, 5.41) is 14.4. The van der Waals surface area contributed by atoms with Crippen molar-refractivity contribution in [3.8, 4) is 11.8 Å². The third-order valence-corrected chi connectivity index (χ3v) is 7.13. The van der Waals surface area contributed by atoms with Crippen LogP contribution in [0.2, 0.25) is 0 Å². The number of carbonyl (C=O) groups is 2. The number of hydrogen-bond acceptors (Lipinski definition) is 9. The Kier molecular flexibility index (Phi) is 5.83. The second-order valence-corrected chi connectivity index (χ2v) is 11.1. The molecule has 5 rings (SSSR count). The molecule has 3 aliphatic heterocycles. The number of hydrogen-bond donors (Lipinski definition) is 2. The third kappa shape index (κ3) is 4.11. The van der Waals surface area contributed by atoms with E-state index in [1.165, 1.54) is 18.3 Å². The Morgan fingerprint density at radius 3 is 2.47 bits per heavy atom. The summed E-state index contributed by atoms with van der Waals surface area (Å²) >= 11 is 0. The molecule has 1 fully saturated rings. The van der Waals surface area contributed by atoms with Gasteiger partial charge in [0, 0.05) is 17.4 Å². The molecule has 1 saturated heterocycles. The van der Waals surface area contributed by atoms with Gasteiger partial charge in [-0.15, -0.1) is 0 Å². The van der Waals surface area contributed by atoms with Crippen LogP contribution in [-0.2, 0) is 19.7 Å². The van der Waals surface area contributed by atoms with E-state index in [-0.39, 0.29) is 18.3 Å². The maximum Gasteiger partial charge on any atom is 0.415 e. The van der Waals surface area contributed by atoms with Crippen molar-refractivity contribution in [1.82, 2.24) is 10.3 Å².